The van der Waals surface area contributed by atoms with Gasteiger partial charge >= 0.3 is 6.03 Å². The highest BCUT2D eigenvalue weighted by Gasteiger charge is 2.25. The molecule has 20 heavy (non-hydrogen) atoms. The van der Waals surface area contributed by atoms with Gasteiger partial charge in [-0.15, -0.1) is 0 Å². The molecule has 1 heterocycles. The van der Waals surface area contributed by atoms with E-state index in [2.05, 4.69) is 11.8 Å². The van der Waals surface area contributed by atoms with Crippen molar-refractivity contribution in [1.29, 1.82) is 0 Å². The molecule has 1 N–H and O–H groups in total. The second-order valence-electron chi connectivity index (χ2n) is 4.61. The first-order valence-corrected chi connectivity index (χ1v) is 6.42. The van der Waals surface area contributed by atoms with E-state index in [1.165, 1.54) is 0 Å². The van der Waals surface area contributed by atoms with E-state index in [0.717, 1.165) is 23.4 Å². The van der Waals surface area contributed by atoms with Crippen LogP contribution in [0.4, 0.5) is 4.79 Å². The molecule has 0 aliphatic carbocycles. The third-order valence-electron chi connectivity index (χ3n) is 3.26. The molecule has 1 aliphatic heterocycles. The maximum Gasteiger partial charge on any atom is 0.320 e. The maximum atomic E-state index is 11.9. The number of hydrogen-bond acceptors (Lipinski definition) is 3. The molecule has 0 unspecified atom stereocenters. The highest BCUT2D eigenvalue weighted by atomic mass is 16.5. The van der Waals surface area contributed by atoms with Crippen LogP contribution in [0.25, 0.3) is 0 Å². The normalized spacial score (nSPS) is 14.2. The van der Waals surface area contributed by atoms with Crippen LogP contribution in [0.2, 0.25) is 0 Å². The van der Waals surface area contributed by atoms with E-state index in [0.29, 0.717) is 13.1 Å². The third-order valence-corrected chi connectivity index (χ3v) is 3.26. The maximum absolute atomic E-state index is 11.9. The van der Waals surface area contributed by atoms with E-state index in [1.54, 1.807) is 24.0 Å². The number of aliphatic hydroxyl groups excluding tert-OH is 1. The molecule has 1 aliphatic rings. The number of amides is 2. The van der Waals surface area contributed by atoms with Crippen molar-refractivity contribution >= 4 is 6.03 Å². The van der Waals surface area contributed by atoms with Crippen LogP contribution in [0.15, 0.2) is 18.2 Å². The Morgan fingerprint density at radius 3 is 2.80 bits per heavy atom. The van der Waals surface area contributed by atoms with Gasteiger partial charge in [-0.05, 0) is 18.2 Å². The number of carbonyl (C=O) groups excluding carboxylic acids is 1. The molecule has 2 amide bonds. The molecule has 0 radical (unpaired) electrons. The van der Waals surface area contributed by atoms with Gasteiger partial charge in [0.05, 0.1) is 13.7 Å². The smallest absolute Gasteiger partial charge is 0.320 e. The summed E-state index contributed by atoms with van der Waals surface area (Å²) in [6, 6.07) is 5.59. The first-order chi connectivity index (χ1) is 9.65. The average molecular weight is 274 g/mol. The minimum Gasteiger partial charge on any atom is -0.496 e. The van der Waals surface area contributed by atoms with Crippen molar-refractivity contribution in [2.75, 3.05) is 33.9 Å². The second-order valence-corrected chi connectivity index (χ2v) is 4.61. The largest absolute Gasteiger partial charge is 0.496 e. The summed E-state index contributed by atoms with van der Waals surface area (Å²) in [5.74, 6) is 6.21. The van der Waals surface area contributed by atoms with Gasteiger partial charge in [0.25, 0.3) is 0 Å². The predicted molar refractivity (Wildman–Crippen MR) is 75.4 cm³/mol. The molecule has 0 spiro atoms. The Labute approximate surface area is 118 Å². The number of rotatable bonds is 3. The van der Waals surface area contributed by atoms with Gasteiger partial charge in [0.15, 0.2) is 0 Å². The number of benzene rings is 1. The molecule has 2 rings (SSSR count). The molecule has 0 bridgehead atoms. The van der Waals surface area contributed by atoms with E-state index in [-0.39, 0.29) is 12.6 Å². The fourth-order valence-electron chi connectivity index (χ4n) is 2.18. The van der Waals surface area contributed by atoms with E-state index in [4.69, 9.17) is 9.84 Å². The summed E-state index contributed by atoms with van der Waals surface area (Å²) >= 11 is 0. The zero-order valence-corrected chi connectivity index (χ0v) is 11.7. The lowest BCUT2D eigenvalue weighted by molar-refractivity contribution is 0.196. The SMILES string of the molecule is COc1ccc(C#CCO)cc1CN1CCN(C)C1=O. The van der Waals surface area contributed by atoms with E-state index in [9.17, 15) is 4.79 Å². The lowest BCUT2D eigenvalue weighted by Crippen LogP contribution is -2.29. The Kier molecular flexibility index (Phi) is 4.49. The van der Waals surface area contributed by atoms with Crippen molar-refractivity contribution in [3.05, 3.63) is 29.3 Å². The topological polar surface area (TPSA) is 53.0 Å². The van der Waals surface area contributed by atoms with Crippen LogP contribution in [-0.2, 0) is 6.54 Å². The van der Waals surface area contributed by atoms with Gasteiger partial charge in [0.1, 0.15) is 12.4 Å². The number of likely N-dealkylation sites (N-methyl/N-ethyl adjacent to an activating group) is 1. The molecular weight excluding hydrogens is 256 g/mol. The van der Waals surface area contributed by atoms with Crippen molar-refractivity contribution < 1.29 is 14.6 Å². The molecule has 1 fully saturated rings. The summed E-state index contributed by atoms with van der Waals surface area (Å²) in [6.45, 7) is 1.79. The number of urea groups is 1. The molecule has 0 atom stereocenters. The van der Waals surface area contributed by atoms with Crippen LogP contribution < -0.4 is 4.74 Å². The molecular formula is C15H18N2O3. The van der Waals surface area contributed by atoms with Gasteiger partial charge in [-0.1, -0.05) is 11.8 Å². The van der Waals surface area contributed by atoms with Crippen molar-refractivity contribution in [3.63, 3.8) is 0 Å². The van der Waals surface area contributed by atoms with E-state index < -0.39 is 0 Å². The fraction of sp³-hybridized carbons (Fsp3) is 0.400. The number of hydrogen-bond donors (Lipinski definition) is 1. The molecule has 0 aromatic heterocycles. The van der Waals surface area contributed by atoms with Crippen LogP contribution in [0.1, 0.15) is 11.1 Å². The quantitative estimate of drug-likeness (QED) is 0.833. The highest BCUT2D eigenvalue weighted by Crippen LogP contribution is 2.23. The van der Waals surface area contributed by atoms with E-state index >= 15 is 0 Å². The summed E-state index contributed by atoms with van der Waals surface area (Å²) < 4.78 is 5.33. The summed E-state index contributed by atoms with van der Waals surface area (Å²) in [5.41, 5.74) is 1.72. The Bertz CT molecular complexity index is 560. The molecule has 5 heteroatoms. The monoisotopic (exact) mass is 274 g/mol. The van der Waals surface area contributed by atoms with Crippen molar-refractivity contribution in [2.24, 2.45) is 0 Å². The van der Waals surface area contributed by atoms with Gasteiger partial charge in [-0.25, -0.2) is 4.79 Å². The fourth-order valence-corrected chi connectivity index (χ4v) is 2.18. The van der Waals surface area contributed by atoms with Crippen LogP contribution in [0, 0.1) is 11.8 Å². The Morgan fingerprint density at radius 2 is 2.20 bits per heavy atom. The molecule has 5 nitrogen and oxygen atoms in total. The number of carbonyl (C=O) groups is 1. The van der Waals surface area contributed by atoms with Gasteiger partial charge in [-0.3, -0.25) is 0 Å². The van der Waals surface area contributed by atoms with Gasteiger partial charge in [0, 0.05) is 31.3 Å². The Morgan fingerprint density at radius 1 is 1.40 bits per heavy atom. The first-order valence-electron chi connectivity index (χ1n) is 6.42. The molecule has 1 aromatic carbocycles. The first kappa shape index (κ1) is 14.2. The summed E-state index contributed by atoms with van der Waals surface area (Å²) in [5, 5.41) is 8.73. The molecule has 1 saturated heterocycles. The zero-order chi connectivity index (χ0) is 14.5. The summed E-state index contributed by atoms with van der Waals surface area (Å²) in [7, 11) is 3.40. The van der Waals surface area contributed by atoms with Crippen LogP contribution >= 0.6 is 0 Å². The van der Waals surface area contributed by atoms with Gasteiger partial charge in [0.2, 0.25) is 0 Å². The van der Waals surface area contributed by atoms with Crippen molar-refractivity contribution in [2.45, 2.75) is 6.54 Å². The van der Waals surface area contributed by atoms with E-state index in [1.807, 2.05) is 18.2 Å². The van der Waals surface area contributed by atoms with Crippen LogP contribution in [0.3, 0.4) is 0 Å². The van der Waals surface area contributed by atoms with Gasteiger partial charge in [-0.2, -0.15) is 0 Å². The minimum absolute atomic E-state index is 0.0268. The zero-order valence-electron chi connectivity index (χ0n) is 11.7. The lowest BCUT2D eigenvalue weighted by Gasteiger charge is -2.18. The Balaban J connectivity index is 2.22. The standard InChI is InChI=1S/C15H18N2O3/c1-16-7-8-17(15(16)19)11-13-10-12(4-3-9-18)5-6-14(13)20-2/h5-6,10,18H,7-9,11H2,1-2H3. The number of methoxy groups -OCH3 is 1. The lowest BCUT2D eigenvalue weighted by atomic mass is 10.1. The number of ether oxygens (including phenoxy) is 1. The Hall–Kier alpha value is -2.19. The summed E-state index contributed by atoms with van der Waals surface area (Å²) in [4.78, 5) is 15.4. The number of nitrogens with zero attached hydrogens (tertiary/aromatic N) is 2. The third kappa shape index (κ3) is 3.03. The average Bonchev–Trinajstić information content (AvgIpc) is 2.77. The number of aliphatic hydroxyl groups is 1. The molecule has 106 valence electrons. The highest BCUT2D eigenvalue weighted by molar-refractivity contribution is 5.76. The minimum atomic E-state index is -0.170. The van der Waals surface area contributed by atoms with Crippen molar-refractivity contribution in [3.8, 4) is 17.6 Å². The molecule has 0 saturated carbocycles. The van der Waals surface area contributed by atoms with Crippen LogP contribution in [-0.4, -0.2) is 54.8 Å². The second kappa shape index (κ2) is 6.31. The summed E-state index contributed by atoms with van der Waals surface area (Å²) in [6.07, 6.45) is 0. The van der Waals surface area contributed by atoms with Gasteiger partial charge < -0.3 is 19.6 Å². The molecule has 1 aromatic rings. The van der Waals surface area contributed by atoms with Crippen molar-refractivity contribution in [1.82, 2.24) is 9.80 Å². The predicted octanol–water partition coefficient (Wildman–Crippen LogP) is 0.906. The van der Waals surface area contributed by atoms with Crippen LogP contribution in [0.5, 0.6) is 5.75 Å².